The molecule has 0 aliphatic heterocycles. The van der Waals surface area contributed by atoms with Gasteiger partial charge in [0.15, 0.2) is 5.78 Å². The van der Waals surface area contributed by atoms with Crippen LogP contribution in [0.3, 0.4) is 0 Å². The zero-order valence-corrected chi connectivity index (χ0v) is 24.2. The van der Waals surface area contributed by atoms with Crippen LogP contribution in [0.4, 0.5) is 0 Å². The first-order valence-corrected chi connectivity index (χ1v) is 14.9. The van der Waals surface area contributed by atoms with E-state index >= 15 is 0 Å². The van der Waals surface area contributed by atoms with Gasteiger partial charge in [-0.25, -0.2) is 0 Å². The number of rotatable bonds is 9. The summed E-state index contributed by atoms with van der Waals surface area (Å²) in [5.74, 6) is -0.117. The summed E-state index contributed by atoms with van der Waals surface area (Å²) in [5.41, 5.74) is -0.931. The van der Waals surface area contributed by atoms with E-state index in [2.05, 4.69) is 0 Å². The molecule has 0 radical (unpaired) electrons. The van der Waals surface area contributed by atoms with Crippen molar-refractivity contribution in [3.8, 4) is 17.2 Å². The number of ketones is 1. The molecule has 3 aromatic carbocycles. The van der Waals surface area contributed by atoms with Crippen molar-refractivity contribution in [3.63, 3.8) is 0 Å². The minimum Gasteiger partial charge on any atom is -0.488 e. The van der Waals surface area contributed by atoms with Crippen molar-refractivity contribution in [1.29, 1.82) is 0 Å². The maximum Gasteiger partial charge on any atom is 0.298 e. The largest absolute Gasteiger partial charge is 0.488 e. The first kappa shape index (κ1) is 30.3. The Morgan fingerprint density at radius 3 is 1.72 bits per heavy atom. The predicted molar refractivity (Wildman–Crippen MR) is 146 cm³/mol. The van der Waals surface area contributed by atoms with Crippen molar-refractivity contribution in [1.82, 2.24) is 0 Å². The zero-order valence-electron chi connectivity index (χ0n) is 22.5. The Morgan fingerprint density at radius 2 is 1.23 bits per heavy atom. The van der Waals surface area contributed by atoms with Crippen molar-refractivity contribution in [2.45, 2.75) is 68.8 Å². The van der Waals surface area contributed by atoms with Gasteiger partial charge in [-0.05, 0) is 86.7 Å². The average Bonchev–Trinajstić information content (AvgIpc) is 2.82. The normalized spacial score (nSPS) is 12.7. The Kier molecular flexibility index (Phi) is 8.33. The van der Waals surface area contributed by atoms with Gasteiger partial charge >= 0.3 is 0 Å². The van der Waals surface area contributed by atoms with Gasteiger partial charge in [0, 0.05) is 11.1 Å². The zero-order chi connectivity index (χ0) is 29.4. The Balaban J connectivity index is 2.01. The molecule has 0 spiro atoms. The summed E-state index contributed by atoms with van der Waals surface area (Å²) in [4.78, 5) is 12.2. The molecule has 0 unspecified atom stereocenters. The summed E-state index contributed by atoms with van der Waals surface area (Å²) < 4.78 is 79.7. The van der Waals surface area contributed by atoms with E-state index in [9.17, 15) is 30.7 Å². The van der Waals surface area contributed by atoms with Gasteiger partial charge in [-0.2, -0.15) is 16.8 Å². The Morgan fingerprint density at radius 1 is 0.744 bits per heavy atom. The Labute approximate surface area is 229 Å². The third-order valence-electron chi connectivity index (χ3n) is 6.09. The molecular weight excluding hydrogens is 544 g/mol. The molecule has 0 saturated carbocycles. The van der Waals surface area contributed by atoms with Crippen molar-refractivity contribution >= 4 is 26.0 Å². The average molecular weight is 577 g/mol. The van der Waals surface area contributed by atoms with Gasteiger partial charge in [0.25, 0.3) is 20.2 Å². The summed E-state index contributed by atoms with van der Waals surface area (Å²) in [7, 11) is -9.49. The van der Waals surface area contributed by atoms with Gasteiger partial charge in [0.2, 0.25) is 0 Å². The highest BCUT2D eigenvalue weighted by molar-refractivity contribution is 7.86. The number of carbonyl (C=O) groups is 1. The molecule has 39 heavy (non-hydrogen) atoms. The molecule has 9 nitrogen and oxygen atoms in total. The van der Waals surface area contributed by atoms with Gasteiger partial charge in [-0.3, -0.25) is 13.9 Å². The summed E-state index contributed by atoms with van der Waals surface area (Å²) in [6.07, 6.45) is 0.564. The van der Waals surface area contributed by atoms with E-state index in [1.165, 1.54) is 24.3 Å². The second kappa shape index (κ2) is 10.7. The van der Waals surface area contributed by atoms with Gasteiger partial charge in [-0.15, -0.1) is 0 Å². The van der Waals surface area contributed by atoms with Crippen molar-refractivity contribution in [2.75, 3.05) is 0 Å². The second-order valence-corrected chi connectivity index (χ2v) is 13.5. The number of ether oxygens (including phenoxy) is 2. The molecule has 0 bridgehead atoms. The van der Waals surface area contributed by atoms with Crippen molar-refractivity contribution < 1.29 is 40.2 Å². The lowest BCUT2D eigenvalue weighted by atomic mass is 9.81. The lowest BCUT2D eigenvalue weighted by Gasteiger charge is -2.25. The predicted octanol–water partition coefficient (Wildman–Crippen LogP) is 6.07. The molecule has 3 rings (SSSR count). The smallest absolute Gasteiger partial charge is 0.298 e. The number of hydrogen-bond acceptors (Lipinski definition) is 7. The molecule has 3 aromatic rings. The fraction of sp³-hybridized carbons (Fsp3) is 0.321. The molecule has 210 valence electrons. The van der Waals surface area contributed by atoms with Gasteiger partial charge < -0.3 is 9.47 Å². The van der Waals surface area contributed by atoms with Crippen molar-refractivity contribution in [2.24, 2.45) is 0 Å². The number of hydrogen-bond donors (Lipinski definition) is 2. The summed E-state index contributed by atoms with van der Waals surface area (Å²) in [6.45, 7) is 11.1. The van der Waals surface area contributed by atoms with Gasteiger partial charge in [0.1, 0.15) is 27.7 Å². The molecule has 11 heteroatoms. The SMILES string of the molecule is CCC(C)(C)c1ccc(C(=O)c2ccc(Oc3ccc(OC(C)(C)C)cc3)c(S(=O)(=O)O)c2)cc1S(=O)(=O)O. The molecule has 0 heterocycles. The van der Waals surface area contributed by atoms with Crippen LogP contribution in [0.2, 0.25) is 0 Å². The lowest BCUT2D eigenvalue weighted by Crippen LogP contribution is -2.22. The first-order chi connectivity index (χ1) is 17.8. The lowest BCUT2D eigenvalue weighted by molar-refractivity contribution is 0.103. The van der Waals surface area contributed by atoms with Crippen molar-refractivity contribution in [3.05, 3.63) is 77.4 Å². The fourth-order valence-corrected chi connectivity index (χ4v) is 5.32. The third kappa shape index (κ3) is 7.45. The number of benzene rings is 3. The minimum atomic E-state index is -4.82. The van der Waals surface area contributed by atoms with Gasteiger partial charge in [-0.1, -0.05) is 32.9 Å². The van der Waals surface area contributed by atoms with E-state index in [4.69, 9.17) is 9.47 Å². The maximum absolute atomic E-state index is 13.2. The topological polar surface area (TPSA) is 144 Å². The molecule has 0 saturated heterocycles. The fourth-order valence-electron chi connectivity index (χ4n) is 3.78. The van der Waals surface area contributed by atoms with Crippen LogP contribution >= 0.6 is 0 Å². The van der Waals surface area contributed by atoms with Crippen LogP contribution < -0.4 is 9.47 Å². The van der Waals surface area contributed by atoms with Crippen LogP contribution in [0.5, 0.6) is 17.2 Å². The van der Waals surface area contributed by atoms with Crippen LogP contribution in [0.1, 0.15) is 69.4 Å². The highest BCUT2D eigenvalue weighted by Crippen LogP contribution is 2.35. The highest BCUT2D eigenvalue weighted by atomic mass is 32.2. The third-order valence-corrected chi connectivity index (χ3v) is 7.86. The van der Waals surface area contributed by atoms with Crippen LogP contribution in [-0.2, 0) is 25.7 Å². The monoisotopic (exact) mass is 576 g/mol. The second-order valence-electron chi connectivity index (χ2n) is 10.7. The quantitative estimate of drug-likeness (QED) is 0.229. The molecule has 0 amide bonds. The van der Waals surface area contributed by atoms with Crippen LogP contribution in [-0.4, -0.2) is 37.3 Å². The van der Waals surface area contributed by atoms with E-state index in [0.717, 1.165) is 12.1 Å². The molecule has 0 aliphatic rings. The number of carbonyl (C=O) groups excluding carboxylic acids is 1. The van der Waals surface area contributed by atoms with Gasteiger partial charge in [0.05, 0.1) is 4.90 Å². The molecule has 2 N–H and O–H groups in total. The van der Waals surface area contributed by atoms with Crippen LogP contribution in [0.25, 0.3) is 0 Å². The summed E-state index contributed by atoms with van der Waals surface area (Å²) >= 11 is 0. The molecule has 0 fully saturated rings. The maximum atomic E-state index is 13.2. The first-order valence-electron chi connectivity index (χ1n) is 12.1. The molecular formula is C28H32O9S2. The van der Waals surface area contributed by atoms with E-state index in [1.807, 2.05) is 27.7 Å². The Hall–Kier alpha value is -3.25. The van der Waals surface area contributed by atoms with E-state index in [0.29, 0.717) is 17.7 Å². The summed E-state index contributed by atoms with van der Waals surface area (Å²) in [6, 6.07) is 13.8. The standard InChI is InChI=1S/C28H32O9S2/c1-7-28(5,6)22-14-8-18(16-24(22)38(30,31)32)26(29)19-9-15-23(25(17-19)39(33,34)35)36-20-10-12-21(13-11-20)37-27(2,3)4/h8-17H,7H2,1-6H3,(H,30,31,32)(H,33,34,35). The summed E-state index contributed by atoms with van der Waals surface area (Å²) in [5, 5.41) is 0. The van der Waals surface area contributed by atoms with Crippen LogP contribution in [0.15, 0.2) is 70.5 Å². The van der Waals surface area contributed by atoms with E-state index < -0.39 is 46.8 Å². The molecule has 0 atom stereocenters. The molecule has 0 aliphatic carbocycles. The molecule has 0 aromatic heterocycles. The minimum absolute atomic E-state index is 0.0947. The Bertz CT molecular complexity index is 1600. The highest BCUT2D eigenvalue weighted by Gasteiger charge is 2.29. The van der Waals surface area contributed by atoms with E-state index in [1.54, 1.807) is 38.1 Å². The van der Waals surface area contributed by atoms with Crippen LogP contribution in [0, 0.1) is 0 Å². The van der Waals surface area contributed by atoms with E-state index in [-0.39, 0.29) is 22.6 Å².